The summed E-state index contributed by atoms with van der Waals surface area (Å²) in [6.07, 6.45) is 3.01. The van der Waals surface area contributed by atoms with Gasteiger partial charge in [-0.1, -0.05) is 18.2 Å². The van der Waals surface area contributed by atoms with E-state index in [9.17, 15) is 9.59 Å². The lowest BCUT2D eigenvalue weighted by Crippen LogP contribution is -2.18. The maximum atomic E-state index is 12.3. The van der Waals surface area contributed by atoms with Crippen molar-refractivity contribution < 1.29 is 14.3 Å². The van der Waals surface area contributed by atoms with Gasteiger partial charge in [0.2, 0.25) is 0 Å². The van der Waals surface area contributed by atoms with Gasteiger partial charge in [0.15, 0.2) is 11.5 Å². The second-order valence-electron chi connectivity index (χ2n) is 4.97. The quantitative estimate of drug-likeness (QED) is 0.682. The van der Waals surface area contributed by atoms with Gasteiger partial charge in [0.1, 0.15) is 0 Å². The molecule has 0 radical (unpaired) electrons. The summed E-state index contributed by atoms with van der Waals surface area (Å²) in [5, 5.41) is 0.551. The normalized spacial score (nSPS) is 11.1. The molecule has 0 aliphatic carbocycles. The van der Waals surface area contributed by atoms with Crippen molar-refractivity contribution in [2.24, 2.45) is 0 Å². The molecule has 5 nitrogen and oxygen atoms in total. The van der Waals surface area contributed by atoms with Gasteiger partial charge in [-0.15, -0.1) is 0 Å². The van der Waals surface area contributed by atoms with Crippen molar-refractivity contribution in [2.75, 3.05) is 14.2 Å². The zero-order valence-electron chi connectivity index (χ0n) is 13.2. The monoisotopic (exact) mass is 341 g/mol. The standard InChI is InChI=1S/C18H15NO4S/c1-22-14-9-7-12(11-15(14)23-2)8-10-17(20)19-18(21)13-5-3-4-6-16(13)24-19/h3-11H,1-2H3. The van der Waals surface area contributed by atoms with E-state index < -0.39 is 0 Å². The van der Waals surface area contributed by atoms with Crippen molar-refractivity contribution in [2.45, 2.75) is 0 Å². The lowest BCUT2D eigenvalue weighted by Gasteiger charge is -2.07. The lowest BCUT2D eigenvalue weighted by molar-refractivity contribution is 0.0978. The first kappa shape index (κ1) is 16.0. The van der Waals surface area contributed by atoms with Crippen molar-refractivity contribution in [3.63, 3.8) is 0 Å². The van der Waals surface area contributed by atoms with Crippen LogP contribution in [-0.2, 0) is 0 Å². The van der Waals surface area contributed by atoms with E-state index >= 15 is 0 Å². The van der Waals surface area contributed by atoms with Crippen LogP contribution in [0.3, 0.4) is 0 Å². The minimum Gasteiger partial charge on any atom is -0.493 e. The molecule has 0 saturated carbocycles. The summed E-state index contributed by atoms with van der Waals surface area (Å²) in [5.41, 5.74) is 0.479. The van der Waals surface area contributed by atoms with E-state index in [-0.39, 0.29) is 11.5 Å². The molecule has 0 saturated heterocycles. The van der Waals surface area contributed by atoms with Crippen LogP contribution < -0.4 is 15.0 Å². The molecule has 0 atom stereocenters. The van der Waals surface area contributed by atoms with Crippen LogP contribution in [0.4, 0.5) is 0 Å². The van der Waals surface area contributed by atoms with Crippen molar-refractivity contribution >= 4 is 33.6 Å². The Morgan fingerprint density at radius 2 is 1.83 bits per heavy atom. The van der Waals surface area contributed by atoms with Gasteiger partial charge >= 0.3 is 0 Å². The summed E-state index contributed by atoms with van der Waals surface area (Å²) in [6, 6.07) is 12.5. The number of aromatic nitrogens is 1. The van der Waals surface area contributed by atoms with Gasteiger partial charge in [0, 0.05) is 6.08 Å². The van der Waals surface area contributed by atoms with E-state index in [0.717, 1.165) is 25.8 Å². The van der Waals surface area contributed by atoms with E-state index in [1.165, 1.54) is 6.08 Å². The van der Waals surface area contributed by atoms with Crippen LogP contribution in [0.5, 0.6) is 11.5 Å². The number of carbonyl (C=O) groups excluding carboxylic acids is 1. The van der Waals surface area contributed by atoms with Crippen LogP contribution in [0.1, 0.15) is 10.4 Å². The molecule has 0 fully saturated rings. The summed E-state index contributed by atoms with van der Waals surface area (Å²) in [6.45, 7) is 0. The maximum Gasteiger partial charge on any atom is 0.275 e. The Labute approximate surface area is 142 Å². The molecule has 122 valence electrons. The molecule has 1 heterocycles. The Balaban J connectivity index is 1.90. The predicted molar refractivity (Wildman–Crippen MR) is 95.3 cm³/mol. The zero-order valence-corrected chi connectivity index (χ0v) is 14.0. The molecular formula is C18H15NO4S. The van der Waals surface area contributed by atoms with E-state index in [1.807, 2.05) is 12.1 Å². The van der Waals surface area contributed by atoms with Crippen LogP contribution in [0.15, 0.2) is 53.3 Å². The summed E-state index contributed by atoms with van der Waals surface area (Å²) >= 11 is 1.14. The second-order valence-corrected chi connectivity index (χ2v) is 5.96. The van der Waals surface area contributed by atoms with Gasteiger partial charge in [-0.2, -0.15) is 3.96 Å². The van der Waals surface area contributed by atoms with Gasteiger partial charge in [0.05, 0.1) is 24.3 Å². The fourth-order valence-corrected chi connectivity index (χ4v) is 3.23. The number of fused-ring (bicyclic) bond motifs is 1. The highest BCUT2D eigenvalue weighted by atomic mass is 32.1. The number of ether oxygens (including phenoxy) is 2. The number of benzene rings is 2. The molecule has 0 aliphatic rings. The highest BCUT2D eigenvalue weighted by molar-refractivity contribution is 7.14. The van der Waals surface area contributed by atoms with E-state index in [0.29, 0.717) is 16.9 Å². The number of carbonyl (C=O) groups is 1. The summed E-state index contributed by atoms with van der Waals surface area (Å²) in [4.78, 5) is 24.6. The molecule has 3 aromatic rings. The smallest absolute Gasteiger partial charge is 0.275 e. The second kappa shape index (κ2) is 6.72. The average Bonchev–Trinajstić information content (AvgIpc) is 2.96. The largest absolute Gasteiger partial charge is 0.493 e. The highest BCUT2D eigenvalue weighted by Gasteiger charge is 2.11. The molecule has 0 spiro atoms. The van der Waals surface area contributed by atoms with Gasteiger partial charge in [-0.3, -0.25) is 9.59 Å². The summed E-state index contributed by atoms with van der Waals surface area (Å²) in [5.74, 6) is 0.809. The fourth-order valence-electron chi connectivity index (χ4n) is 2.31. The Bertz CT molecular complexity index is 984. The predicted octanol–water partition coefficient (Wildman–Crippen LogP) is 3.43. The molecule has 0 unspecified atom stereocenters. The molecule has 2 aromatic carbocycles. The third-order valence-electron chi connectivity index (χ3n) is 3.52. The molecule has 1 aromatic heterocycles. The van der Waals surface area contributed by atoms with Crippen LogP contribution in [0.25, 0.3) is 16.2 Å². The Hall–Kier alpha value is -2.86. The number of nitrogens with zero attached hydrogens (tertiary/aromatic N) is 1. The van der Waals surface area contributed by atoms with E-state index in [4.69, 9.17) is 9.47 Å². The van der Waals surface area contributed by atoms with Crippen LogP contribution in [0, 0.1) is 0 Å². The Morgan fingerprint density at radius 1 is 1.08 bits per heavy atom. The number of methoxy groups -OCH3 is 2. The molecule has 0 amide bonds. The minimum atomic E-state index is -0.379. The lowest BCUT2D eigenvalue weighted by atomic mass is 10.2. The first-order valence-electron chi connectivity index (χ1n) is 7.19. The first-order valence-corrected chi connectivity index (χ1v) is 7.97. The average molecular weight is 341 g/mol. The molecule has 24 heavy (non-hydrogen) atoms. The summed E-state index contributed by atoms with van der Waals surface area (Å²) < 4.78 is 12.3. The fraction of sp³-hybridized carbons (Fsp3) is 0.111. The molecule has 0 aliphatic heterocycles. The van der Waals surface area contributed by atoms with Crippen LogP contribution >= 0.6 is 11.5 Å². The molecule has 0 bridgehead atoms. The molecule has 6 heteroatoms. The van der Waals surface area contributed by atoms with Crippen molar-refractivity contribution in [3.8, 4) is 11.5 Å². The third kappa shape index (κ3) is 2.96. The van der Waals surface area contributed by atoms with Gasteiger partial charge in [0.25, 0.3) is 11.5 Å². The SMILES string of the molecule is COc1ccc(C=CC(=O)n2sc3ccccc3c2=O)cc1OC. The van der Waals surface area contributed by atoms with Gasteiger partial charge < -0.3 is 9.47 Å². The minimum absolute atomic E-state index is 0.294. The first-order chi connectivity index (χ1) is 11.6. The number of hydrogen-bond donors (Lipinski definition) is 0. The van der Waals surface area contributed by atoms with Crippen LogP contribution in [0.2, 0.25) is 0 Å². The van der Waals surface area contributed by atoms with Crippen molar-refractivity contribution in [3.05, 3.63) is 64.5 Å². The Kier molecular flexibility index (Phi) is 4.48. The maximum absolute atomic E-state index is 12.3. The topological polar surface area (TPSA) is 57.5 Å². The number of rotatable bonds is 4. The Morgan fingerprint density at radius 3 is 2.54 bits per heavy atom. The van der Waals surface area contributed by atoms with Gasteiger partial charge in [-0.05, 0) is 47.4 Å². The summed E-state index contributed by atoms with van der Waals surface area (Å²) in [7, 11) is 3.11. The van der Waals surface area contributed by atoms with Crippen molar-refractivity contribution in [1.29, 1.82) is 0 Å². The number of hydrogen-bond acceptors (Lipinski definition) is 5. The van der Waals surface area contributed by atoms with Crippen molar-refractivity contribution in [1.82, 2.24) is 3.96 Å². The number of allylic oxidation sites excluding steroid dienone is 1. The molecule has 3 rings (SSSR count). The third-order valence-corrected chi connectivity index (χ3v) is 4.60. The zero-order chi connectivity index (χ0) is 17.1. The highest BCUT2D eigenvalue weighted by Crippen LogP contribution is 2.28. The molecule has 0 N–H and O–H groups in total. The van der Waals surface area contributed by atoms with Gasteiger partial charge in [-0.25, -0.2) is 0 Å². The van der Waals surface area contributed by atoms with E-state index in [2.05, 4.69) is 0 Å². The van der Waals surface area contributed by atoms with E-state index in [1.54, 1.807) is 50.6 Å². The van der Waals surface area contributed by atoms with Crippen LogP contribution in [-0.4, -0.2) is 24.1 Å². The molecular weight excluding hydrogens is 326 g/mol.